The fourth-order valence-corrected chi connectivity index (χ4v) is 6.85. The lowest BCUT2D eigenvalue weighted by molar-refractivity contribution is -0.143. The molecule has 0 radical (unpaired) electrons. The Morgan fingerprint density at radius 2 is 1.72 bits per heavy atom. The molecule has 43 heavy (non-hydrogen) atoms. The van der Waals surface area contributed by atoms with E-state index in [1.165, 1.54) is 5.56 Å². The summed E-state index contributed by atoms with van der Waals surface area (Å²) in [6.45, 7) is 2.04. The number of methoxy groups -OCH3 is 1. The molecule has 1 aliphatic heterocycles. The number of likely N-dealkylation sites (tertiary alicyclic amines) is 1. The van der Waals surface area contributed by atoms with Gasteiger partial charge in [0.25, 0.3) is 0 Å². The molecular formula is C34H46N4O5. The van der Waals surface area contributed by atoms with Crippen LogP contribution >= 0.6 is 0 Å². The van der Waals surface area contributed by atoms with Gasteiger partial charge in [-0.3, -0.25) is 14.4 Å². The van der Waals surface area contributed by atoms with Gasteiger partial charge >= 0.3 is 0 Å². The normalized spacial score (nSPS) is 23.5. The van der Waals surface area contributed by atoms with E-state index in [-0.39, 0.29) is 42.3 Å². The van der Waals surface area contributed by atoms with Crippen LogP contribution in [0, 0.1) is 5.92 Å². The summed E-state index contributed by atoms with van der Waals surface area (Å²) < 4.78 is 11.7. The van der Waals surface area contributed by atoms with Crippen LogP contribution in [0.25, 0.3) is 0 Å². The van der Waals surface area contributed by atoms with Crippen molar-refractivity contribution >= 4 is 17.7 Å². The summed E-state index contributed by atoms with van der Waals surface area (Å²) in [6.07, 6.45) is 7.76. The first-order valence-corrected chi connectivity index (χ1v) is 15.8. The maximum absolute atomic E-state index is 14.4. The van der Waals surface area contributed by atoms with Gasteiger partial charge in [-0.15, -0.1) is 0 Å². The molecule has 2 aromatic carbocycles. The van der Waals surface area contributed by atoms with Gasteiger partial charge in [-0.05, 0) is 75.3 Å². The Kier molecular flexibility index (Phi) is 10.2. The Bertz CT molecular complexity index is 1280. The van der Waals surface area contributed by atoms with Crippen molar-refractivity contribution in [1.29, 1.82) is 0 Å². The molecule has 3 aliphatic rings. The SMILES string of the molecule is CNC(C)C(=O)NC(C(=O)N1CC(Oc2cccc(OC)c2)CC1C(=O)NC1CCCc2ccccc21)C1CCCCC1. The number of likely N-dealkylation sites (N-methyl/N-ethyl adjacent to an activating group) is 1. The highest BCUT2D eigenvalue weighted by molar-refractivity contribution is 5.94. The van der Waals surface area contributed by atoms with Gasteiger partial charge < -0.3 is 30.3 Å². The first-order valence-electron chi connectivity index (χ1n) is 15.8. The third-order valence-corrected chi connectivity index (χ3v) is 9.39. The molecule has 5 unspecified atom stereocenters. The van der Waals surface area contributed by atoms with Gasteiger partial charge in [0.2, 0.25) is 17.7 Å². The highest BCUT2D eigenvalue weighted by atomic mass is 16.5. The van der Waals surface area contributed by atoms with Gasteiger partial charge in [-0.1, -0.05) is 49.6 Å². The van der Waals surface area contributed by atoms with E-state index in [0.29, 0.717) is 17.9 Å². The molecule has 0 spiro atoms. The monoisotopic (exact) mass is 590 g/mol. The van der Waals surface area contributed by atoms with E-state index < -0.39 is 18.1 Å². The van der Waals surface area contributed by atoms with Gasteiger partial charge in [0.1, 0.15) is 29.7 Å². The summed E-state index contributed by atoms with van der Waals surface area (Å²) in [5.74, 6) is 0.733. The van der Waals surface area contributed by atoms with Crippen LogP contribution in [0.2, 0.25) is 0 Å². The third kappa shape index (κ3) is 7.32. The van der Waals surface area contributed by atoms with Gasteiger partial charge in [-0.25, -0.2) is 0 Å². The molecule has 232 valence electrons. The zero-order chi connectivity index (χ0) is 30.3. The number of carbonyl (C=O) groups excluding carboxylic acids is 3. The van der Waals surface area contributed by atoms with Crippen molar-refractivity contribution in [1.82, 2.24) is 20.9 Å². The highest BCUT2D eigenvalue weighted by Crippen LogP contribution is 2.33. The quantitative estimate of drug-likeness (QED) is 0.387. The van der Waals surface area contributed by atoms with Crippen LogP contribution in [0.1, 0.15) is 75.5 Å². The summed E-state index contributed by atoms with van der Waals surface area (Å²) in [4.78, 5) is 43.2. The average Bonchev–Trinajstić information content (AvgIpc) is 3.47. The maximum Gasteiger partial charge on any atom is 0.246 e. The number of rotatable bonds is 10. The number of aryl methyl sites for hydroxylation is 1. The molecule has 9 nitrogen and oxygen atoms in total. The topological polar surface area (TPSA) is 109 Å². The molecule has 0 aromatic heterocycles. The molecule has 1 saturated heterocycles. The molecule has 5 atom stereocenters. The largest absolute Gasteiger partial charge is 0.497 e. The van der Waals surface area contributed by atoms with Gasteiger partial charge in [0, 0.05) is 12.5 Å². The summed E-state index contributed by atoms with van der Waals surface area (Å²) in [6, 6.07) is 13.7. The predicted octanol–water partition coefficient (Wildman–Crippen LogP) is 3.91. The van der Waals surface area contributed by atoms with Crippen molar-refractivity contribution in [2.24, 2.45) is 5.92 Å². The van der Waals surface area contributed by atoms with E-state index in [1.54, 1.807) is 26.0 Å². The molecule has 3 amide bonds. The van der Waals surface area contributed by atoms with E-state index in [4.69, 9.17) is 9.47 Å². The number of carbonyl (C=O) groups is 3. The van der Waals surface area contributed by atoms with Gasteiger partial charge in [0.15, 0.2) is 0 Å². The van der Waals surface area contributed by atoms with Crippen LogP contribution in [0.3, 0.4) is 0 Å². The number of benzene rings is 2. The lowest BCUT2D eigenvalue weighted by Crippen LogP contribution is -2.58. The van der Waals surface area contributed by atoms with E-state index in [0.717, 1.165) is 56.9 Å². The smallest absolute Gasteiger partial charge is 0.246 e. The first kappa shape index (κ1) is 30.9. The van der Waals surface area contributed by atoms with E-state index in [9.17, 15) is 14.4 Å². The molecule has 5 rings (SSSR count). The summed E-state index contributed by atoms with van der Waals surface area (Å²) >= 11 is 0. The average molecular weight is 591 g/mol. The molecular weight excluding hydrogens is 544 g/mol. The van der Waals surface area contributed by atoms with Crippen LogP contribution in [0.4, 0.5) is 0 Å². The Labute approximate surface area is 255 Å². The van der Waals surface area contributed by atoms with Crippen LogP contribution < -0.4 is 25.4 Å². The van der Waals surface area contributed by atoms with Crippen molar-refractivity contribution in [2.45, 2.75) is 95.0 Å². The van der Waals surface area contributed by atoms with E-state index in [2.05, 4.69) is 28.1 Å². The molecule has 1 heterocycles. The Balaban J connectivity index is 1.40. The Morgan fingerprint density at radius 1 is 0.953 bits per heavy atom. The zero-order valence-corrected chi connectivity index (χ0v) is 25.6. The van der Waals surface area contributed by atoms with Crippen molar-refractivity contribution in [3.63, 3.8) is 0 Å². The minimum Gasteiger partial charge on any atom is -0.497 e. The summed E-state index contributed by atoms with van der Waals surface area (Å²) in [5, 5.41) is 9.33. The van der Waals surface area contributed by atoms with Crippen LogP contribution in [0.15, 0.2) is 48.5 Å². The first-order chi connectivity index (χ1) is 20.9. The van der Waals surface area contributed by atoms with Crippen LogP contribution in [0.5, 0.6) is 11.5 Å². The molecule has 9 heteroatoms. The molecule has 0 bridgehead atoms. The minimum absolute atomic E-state index is 0.0292. The fraction of sp³-hybridized carbons (Fsp3) is 0.559. The number of hydrogen-bond acceptors (Lipinski definition) is 6. The minimum atomic E-state index is -0.707. The second kappa shape index (κ2) is 14.3. The van der Waals surface area contributed by atoms with Crippen LogP contribution in [-0.2, 0) is 20.8 Å². The highest BCUT2D eigenvalue weighted by Gasteiger charge is 2.45. The lowest BCUT2D eigenvalue weighted by Gasteiger charge is -2.35. The Morgan fingerprint density at radius 3 is 2.49 bits per heavy atom. The number of amides is 3. The maximum atomic E-state index is 14.4. The van der Waals surface area contributed by atoms with E-state index >= 15 is 0 Å². The van der Waals surface area contributed by atoms with Crippen molar-refractivity contribution in [3.8, 4) is 11.5 Å². The number of nitrogens with zero attached hydrogens (tertiary/aromatic N) is 1. The zero-order valence-electron chi connectivity index (χ0n) is 25.6. The Hall–Kier alpha value is -3.59. The molecule has 2 aromatic rings. The van der Waals surface area contributed by atoms with Crippen molar-refractivity contribution in [3.05, 3.63) is 59.7 Å². The number of fused-ring (bicyclic) bond motifs is 1. The molecule has 1 saturated carbocycles. The fourth-order valence-electron chi connectivity index (χ4n) is 6.85. The second-order valence-electron chi connectivity index (χ2n) is 12.2. The number of ether oxygens (including phenoxy) is 2. The van der Waals surface area contributed by atoms with E-state index in [1.807, 2.05) is 36.4 Å². The lowest BCUT2D eigenvalue weighted by atomic mass is 9.83. The van der Waals surface area contributed by atoms with Crippen molar-refractivity contribution in [2.75, 3.05) is 20.7 Å². The standard InChI is InChI=1S/C34H46N4O5/c1-22(35-2)32(39)37-31(24-12-5-4-6-13-24)34(41)38-21-27(43-26-16-10-15-25(19-26)42-3)20-30(38)33(40)36-29-18-9-14-23-11-7-8-17-28(23)29/h7-8,10-11,15-17,19,22,24,27,29-31,35H,4-6,9,12-14,18,20-21H2,1-3H3,(H,36,40)(H,37,39). The predicted molar refractivity (Wildman–Crippen MR) is 165 cm³/mol. The molecule has 2 fully saturated rings. The molecule has 2 aliphatic carbocycles. The number of nitrogens with one attached hydrogen (secondary N) is 3. The molecule has 3 N–H and O–H groups in total. The third-order valence-electron chi connectivity index (χ3n) is 9.39. The number of hydrogen-bond donors (Lipinski definition) is 3. The van der Waals surface area contributed by atoms with Crippen LogP contribution in [-0.4, -0.2) is 67.6 Å². The van der Waals surface area contributed by atoms with Crippen molar-refractivity contribution < 1.29 is 23.9 Å². The van der Waals surface area contributed by atoms with Gasteiger partial charge in [-0.2, -0.15) is 0 Å². The van der Waals surface area contributed by atoms with Gasteiger partial charge in [0.05, 0.1) is 25.7 Å². The summed E-state index contributed by atoms with van der Waals surface area (Å²) in [5.41, 5.74) is 2.41. The summed E-state index contributed by atoms with van der Waals surface area (Å²) in [7, 11) is 3.33. The second-order valence-corrected chi connectivity index (χ2v) is 12.2.